The monoisotopic (exact) mass is 351 g/mol. The number of halogens is 1. The van der Waals surface area contributed by atoms with Crippen LogP contribution in [0.15, 0.2) is 72.9 Å². The summed E-state index contributed by atoms with van der Waals surface area (Å²) in [6.07, 6.45) is 1.77. The third kappa shape index (κ3) is 5.31. The van der Waals surface area contributed by atoms with Crippen LogP contribution in [0.25, 0.3) is 0 Å². The minimum absolute atomic E-state index is 0.159. The highest BCUT2D eigenvalue weighted by Gasteiger charge is 2.04. The number of nitrogens with one attached hydrogen (secondary N) is 2. The maximum atomic E-state index is 13.2. The van der Waals surface area contributed by atoms with Crippen molar-refractivity contribution in [3.63, 3.8) is 0 Å². The van der Waals surface area contributed by atoms with Crippen molar-refractivity contribution < 1.29 is 13.9 Å². The Hall–Kier alpha value is -3.41. The molecular formula is C20H18FN3O2. The summed E-state index contributed by atoms with van der Waals surface area (Å²) >= 11 is 0. The Morgan fingerprint density at radius 3 is 2.58 bits per heavy atom. The first-order valence-corrected chi connectivity index (χ1v) is 8.15. The van der Waals surface area contributed by atoms with Crippen molar-refractivity contribution >= 4 is 23.1 Å². The lowest BCUT2D eigenvalue weighted by Gasteiger charge is -2.09. The summed E-state index contributed by atoms with van der Waals surface area (Å²) in [4.78, 5) is 16.1. The zero-order valence-electron chi connectivity index (χ0n) is 14.0. The molecule has 1 aromatic heterocycles. The van der Waals surface area contributed by atoms with Gasteiger partial charge in [0.05, 0.1) is 24.9 Å². The van der Waals surface area contributed by atoms with E-state index in [0.717, 1.165) is 5.75 Å². The number of anilines is 3. The van der Waals surface area contributed by atoms with E-state index in [1.165, 1.54) is 18.3 Å². The molecule has 2 N–H and O–H groups in total. The van der Waals surface area contributed by atoms with Crippen LogP contribution in [0.5, 0.6) is 5.75 Å². The van der Waals surface area contributed by atoms with Gasteiger partial charge in [0.25, 0.3) is 0 Å². The van der Waals surface area contributed by atoms with E-state index in [0.29, 0.717) is 23.8 Å². The number of nitrogens with zero attached hydrogens (tertiary/aromatic N) is 1. The molecular weight excluding hydrogens is 333 g/mol. The molecule has 0 atom stereocenters. The Balaban J connectivity index is 1.46. The van der Waals surface area contributed by atoms with Crippen molar-refractivity contribution in [1.82, 2.24) is 4.98 Å². The predicted molar refractivity (Wildman–Crippen MR) is 99.1 cm³/mol. The Morgan fingerprint density at radius 2 is 1.85 bits per heavy atom. The van der Waals surface area contributed by atoms with Crippen LogP contribution in [0.3, 0.4) is 0 Å². The minimum Gasteiger partial charge on any atom is -0.493 e. The van der Waals surface area contributed by atoms with Gasteiger partial charge in [-0.15, -0.1) is 0 Å². The van der Waals surface area contributed by atoms with E-state index in [1.807, 2.05) is 30.3 Å². The number of aromatic nitrogens is 1. The molecule has 26 heavy (non-hydrogen) atoms. The maximum Gasteiger partial charge on any atom is 0.227 e. The lowest BCUT2D eigenvalue weighted by Crippen LogP contribution is -2.15. The molecule has 1 amide bonds. The van der Waals surface area contributed by atoms with Crippen LogP contribution in [-0.2, 0) is 4.79 Å². The molecule has 3 aromatic rings. The molecule has 0 radical (unpaired) electrons. The zero-order valence-corrected chi connectivity index (χ0v) is 14.0. The van der Waals surface area contributed by atoms with Crippen molar-refractivity contribution in [2.24, 2.45) is 0 Å². The number of hydrogen-bond donors (Lipinski definition) is 2. The molecule has 0 aliphatic carbocycles. The van der Waals surface area contributed by atoms with Crippen molar-refractivity contribution in [2.75, 3.05) is 17.2 Å². The summed E-state index contributed by atoms with van der Waals surface area (Å²) in [6.45, 7) is 0.294. The summed E-state index contributed by atoms with van der Waals surface area (Å²) in [5.41, 5.74) is 1.19. The van der Waals surface area contributed by atoms with Gasteiger partial charge in [0, 0.05) is 5.69 Å². The van der Waals surface area contributed by atoms with E-state index in [2.05, 4.69) is 15.6 Å². The Bertz CT molecular complexity index is 854. The third-order valence-corrected chi connectivity index (χ3v) is 3.49. The first-order valence-electron chi connectivity index (χ1n) is 8.15. The predicted octanol–water partition coefficient (Wildman–Crippen LogP) is 4.37. The van der Waals surface area contributed by atoms with Crippen LogP contribution in [0.4, 0.5) is 21.6 Å². The second-order valence-electron chi connectivity index (χ2n) is 5.53. The molecule has 0 bridgehead atoms. The summed E-state index contributed by atoms with van der Waals surface area (Å²) in [5, 5.41) is 5.75. The number of pyridine rings is 1. The molecule has 5 nitrogen and oxygen atoms in total. The van der Waals surface area contributed by atoms with Gasteiger partial charge in [0.1, 0.15) is 17.4 Å². The van der Waals surface area contributed by atoms with Crippen molar-refractivity contribution in [3.05, 3.63) is 78.7 Å². The van der Waals surface area contributed by atoms with E-state index in [-0.39, 0.29) is 18.1 Å². The van der Waals surface area contributed by atoms with Crippen LogP contribution in [0.2, 0.25) is 0 Å². The van der Waals surface area contributed by atoms with E-state index in [1.54, 1.807) is 24.3 Å². The molecule has 2 aromatic carbocycles. The number of benzene rings is 2. The van der Waals surface area contributed by atoms with Crippen LogP contribution < -0.4 is 15.4 Å². The molecule has 132 valence electrons. The maximum absolute atomic E-state index is 13.2. The molecule has 0 saturated heterocycles. The highest BCUT2D eigenvalue weighted by Crippen LogP contribution is 2.17. The van der Waals surface area contributed by atoms with Crippen LogP contribution in [0, 0.1) is 5.82 Å². The summed E-state index contributed by atoms with van der Waals surface area (Å²) in [6, 6.07) is 18.9. The molecule has 0 aliphatic heterocycles. The lowest BCUT2D eigenvalue weighted by atomic mass is 10.3. The fraction of sp³-hybridized carbons (Fsp3) is 0.100. The van der Waals surface area contributed by atoms with E-state index >= 15 is 0 Å². The fourth-order valence-electron chi connectivity index (χ4n) is 2.26. The van der Waals surface area contributed by atoms with E-state index < -0.39 is 0 Å². The standard InChI is InChI=1S/C20H18FN3O2/c21-15-5-4-6-16(13-15)23-19-10-9-17(14-22-19)24-20(25)11-12-26-18-7-2-1-3-8-18/h1-10,13-14H,11-12H2,(H,22,23)(H,24,25). The molecule has 3 rings (SSSR count). The average molecular weight is 351 g/mol. The number of carbonyl (C=O) groups is 1. The van der Waals surface area contributed by atoms with Gasteiger partial charge in [-0.1, -0.05) is 24.3 Å². The van der Waals surface area contributed by atoms with Gasteiger partial charge >= 0.3 is 0 Å². The Kier molecular flexibility index (Phi) is 5.77. The number of para-hydroxylation sites is 1. The molecule has 0 unspecified atom stereocenters. The molecule has 6 heteroatoms. The summed E-state index contributed by atoms with van der Waals surface area (Å²) in [5.74, 6) is 0.806. The van der Waals surface area contributed by atoms with Crippen molar-refractivity contribution in [1.29, 1.82) is 0 Å². The molecule has 0 aliphatic rings. The smallest absolute Gasteiger partial charge is 0.227 e. The second kappa shape index (κ2) is 8.62. The highest BCUT2D eigenvalue weighted by molar-refractivity contribution is 5.90. The number of ether oxygens (including phenoxy) is 1. The van der Waals surface area contributed by atoms with Crippen molar-refractivity contribution in [3.8, 4) is 5.75 Å². The number of rotatable bonds is 7. The minimum atomic E-state index is -0.323. The first-order chi connectivity index (χ1) is 12.7. The normalized spacial score (nSPS) is 10.2. The number of amides is 1. The van der Waals surface area contributed by atoms with Crippen LogP contribution in [0.1, 0.15) is 6.42 Å². The molecule has 0 spiro atoms. The Morgan fingerprint density at radius 1 is 1.00 bits per heavy atom. The summed E-state index contributed by atoms with van der Waals surface area (Å²) in [7, 11) is 0. The topological polar surface area (TPSA) is 63.2 Å². The summed E-state index contributed by atoms with van der Waals surface area (Å²) < 4.78 is 18.7. The molecule has 1 heterocycles. The average Bonchev–Trinajstić information content (AvgIpc) is 2.64. The van der Waals surface area contributed by atoms with Gasteiger partial charge in [-0.25, -0.2) is 9.37 Å². The van der Waals surface area contributed by atoms with E-state index in [4.69, 9.17) is 4.74 Å². The molecule has 0 fully saturated rings. The Labute approximate surface area is 150 Å². The highest BCUT2D eigenvalue weighted by atomic mass is 19.1. The zero-order chi connectivity index (χ0) is 18.2. The van der Waals surface area contributed by atoms with Crippen LogP contribution in [-0.4, -0.2) is 17.5 Å². The van der Waals surface area contributed by atoms with Gasteiger partial charge in [0.15, 0.2) is 0 Å². The van der Waals surface area contributed by atoms with E-state index in [9.17, 15) is 9.18 Å². The van der Waals surface area contributed by atoms with Crippen molar-refractivity contribution in [2.45, 2.75) is 6.42 Å². The fourth-order valence-corrected chi connectivity index (χ4v) is 2.26. The number of carbonyl (C=O) groups excluding carboxylic acids is 1. The van der Waals surface area contributed by atoms with Gasteiger partial charge in [-0.05, 0) is 42.5 Å². The lowest BCUT2D eigenvalue weighted by molar-refractivity contribution is -0.116. The van der Waals surface area contributed by atoms with Gasteiger partial charge < -0.3 is 15.4 Å². The largest absolute Gasteiger partial charge is 0.493 e. The molecule has 0 saturated carbocycles. The van der Waals surface area contributed by atoms with Gasteiger partial charge in [0.2, 0.25) is 5.91 Å². The third-order valence-electron chi connectivity index (χ3n) is 3.49. The first kappa shape index (κ1) is 17.4. The van der Waals surface area contributed by atoms with Gasteiger partial charge in [-0.3, -0.25) is 4.79 Å². The SMILES string of the molecule is O=C(CCOc1ccccc1)Nc1ccc(Nc2cccc(F)c2)nc1. The van der Waals surface area contributed by atoms with Gasteiger partial charge in [-0.2, -0.15) is 0 Å². The number of hydrogen-bond acceptors (Lipinski definition) is 4. The van der Waals surface area contributed by atoms with Crippen LogP contribution >= 0.6 is 0 Å². The quantitative estimate of drug-likeness (QED) is 0.663. The second-order valence-corrected chi connectivity index (χ2v) is 5.53.